The molecule has 1 heterocycles. The van der Waals surface area contributed by atoms with Gasteiger partial charge in [-0.15, -0.1) is 0 Å². The summed E-state index contributed by atoms with van der Waals surface area (Å²) < 4.78 is 11.2. The van der Waals surface area contributed by atoms with E-state index < -0.39 is 0 Å². The number of ether oxygens (including phenoxy) is 2. The molecule has 0 bridgehead atoms. The van der Waals surface area contributed by atoms with Crippen molar-refractivity contribution in [1.29, 1.82) is 0 Å². The molecule has 1 fully saturated rings. The van der Waals surface area contributed by atoms with E-state index in [1.807, 2.05) is 48.5 Å². The summed E-state index contributed by atoms with van der Waals surface area (Å²) in [4.78, 5) is 27.8. The molecule has 2 aliphatic rings. The number of aryl methyl sites for hydroxylation is 1. The van der Waals surface area contributed by atoms with Gasteiger partial charge in [-0.3, -0.25) is 9.69 Å². The van der Waals surface area contributed by atoms with E-state index in [1.54, 1.807) is 31.1 Å². The smallest absolute Gasteiger partial charge is 0.337 e. The van der Waals surface area contributed by atoms with Gasteiger partial charge in [0.05, 0.1) is 12.7 Å². The highest BCUT2D eigenvalue weighted by molar-refractivity contribution is 6.36. The maximum atomic E-state index is 12.3. The van der Waals surface area contributed by atoms with Crippen molar-refractivity contribution in [3.63, 3.8) is 0 Å². The molecule has 1 aliphatic heterocycles. The van der Waals surface area contributed by atoms with Crippen LogP contribution in [0.4, 0.5) is 0 Å². The Morgan fingerprint density at radius 1 is 0.976 bits per heavy atom. The number of fused-ring (bicyclic) bond motifs is 1. The van der Waals surface area contributed by atoms with Gasteiger partial charge in [-0.05, 0) is 89.1 Å². The molecule has 1 aliphatic carbocycles. The highest BCUT2D eigenvalue weighted by atomic mass is 35.5. The van der Waals surface area contributed by atoms with E-state index in [9.17, 15) is 9.59 Å². The van der Waals surface area contributed by atoms with Crippen LogP contribution in [0, 0.1) is 0 Å². The first-order valence-corrected chi connectivity index (χ1v) is 14.8. The predicted octanol–water partition coefficient (Wildman–Crippen LogP) is 6.78. The first-order valence-electron chi connectivity index (χ1n) is 14.0. The van der Waals surface area contributed by atoms with Gasteiger partial charge in [0, 0.05) is 49.9 Å². The molecule has 0 radical (unpaired) electrons. The van der Waals surface area contributed by atoms with Crippen molar-refractivity contribution in [2.75, 3.05) is 40.8 Å². The number of rotatable bonds is 8. The van der Waals surface area contributed by atoms with E-state index in [-0.39, 0.29) is 18.0 Å². The van der Waals surface area contributed by atoms with Crippen molar-refractivity contribution in [3.05, 3.63) is 111 Å². The number of amides is 1. The van der Waals surface area contributed by atoms with Gasteiger partial charge >= 0.3 is 5.97 Å². The third-order valence-corrected chi connectivity index (χ3v) is 8.21. The van der Waals surface area contributed by atoms with Crippen LogP contribution in [0.1, 0.15) is 45.5 Å². The summed E-state index contributed by atoms with van der Waals surface area (Å²) in [5, 5.41) is 1.21. The van der Waals surface area contributed by atoms with Gasteiger partial charge < -0.3 is 14.4 Å². The Bertz CT molecular complexity index is 1540. The monoisotopic (exact) mass is 604 g/mol. The fourth-order valence-corrected chi connectivity index (χ4v) is 5.98. The molecular weight excluding hydrogens is 571 g/mol. The number of likely N-dealkylation sites (tertiary alicyclic amines) is 1. The van der Waals surface area contributed by atoms with Crippen LogP contribution in [-0.2, 0) is 16.0 Å². The zero-order chi connectivity index (χ0) is 29.8. The van der Waals surface area contributed by atoms with Gasteiger partial charge in [0.2, 0.25) is 5.91 Å². The Balaban J connectivity index is 1.40. The van der Waals surface area contributed by atoms with Crippen molar-refractivity contribution in [2.24, 2.45) is 0 Å². The molecular formula is C34H34Cl2N2O4. The lowest BCUT2D eigenvalue weighted by Crippen LogP contribution is -2.53. The minimum atomic E-state index is -0.345. The second-order valence-corrected chi connectivity index (χ2v) is 11.7. The zero-order valence-corrected chi connectivity index (χ0v) is 25.5. The first-order chi connectivity index (χ1) is 20.2. The molecule has 0 spiro atoms. The van der Waals surface area contributed by atoms with Crippen molar-refractivity contribution in [1.82, 2.24) is 9.80 Å². The van der Waals surface area contributed by atoms with Crippen molar-refractivity contribution < 1.29 is 19.1 Å². The molecule has 3 aromatic rings. The second-order valence-electron chi connectivity index (χ2n) is 10.8. The summed E-state index contributed by atoms with van der Waals surface area (Å²) in [6.45, 7) is 2.34. The summed E-state index contributed by atoms with van der Waals surface area (Å²) in [6, 6.07) is 19.6. The molecule has 8 heteroatoms. The second kappa shape index (κ2) is 13.2. The van der Waals surface area contributed by atoms with Crippen molar-refractivity contribution >= 4 is 46.2 Å². The number of hydrogen-bond donors (Lipinski definition) is 0. The molecule has 0 unspecified atom stereocenters. The standard InChI is InChI=1S/C34H34Cl2N2O4/c1-37(2)32(39)8-5-17-38-20-27(21-38)42-26-13-9-22(10-14-26)33-28-15-11-24(34(40)41-3)18-23(28)6-4-7-30(33)29-16-12-25(35)19-31(29)36/h5,8-16,18-19,27H,4,6-7,17,20-21H2,1-3H3. The molecule has 3 aromatic carbocycles. The molecule has 1 amide bonds. The Morgan fingerprint density at radius 3 is 2.40 bits per heavy atom. The topological polar surface area (TPSA) is 59.1 Å². The van der Waals surface area contributed by atoms with Gasteiger partial charge in [-0.2, -0.15) is 0 Å². The van der Waals surface area contributed by atoms with Crippen molar-refractivity contribution in [2.45, 2.75) is 25.4 Å². The summed E-state index contributed by atoms with van der Waals surface area (Å²) in [7, 11) is 4.88. The molecule has 0 aromatic heterocycles. The van der Waals surface area contributed by atoms with E-state index in [0.29, 0.717) is 15.6 Å². The third-order valence-electron chi connectivity index (χ3n) is 7.66. The number of esters is 1. The summed E-state index contributed by atoms with van der Waals surface area (Å²) >= 11 is 13.0. The number of allylic oxidation sites excluding steroid dienone is 1. The third kappa shape index (κ3) is 6.73. The highest BCUT2D eigenvalue weighted by Gasteiger charge is 2.28. The van der Waals surface area contributed by atoms with E-state index >= 15 is 0 Å². The highest BCUT2D eigenvalue weighted by Crippen LogP contribution is 2.42. The SMILES string of the molecule is COC(=O)c1ccc2c(c1)CCCC(c1ccc(Cl)cc1Cl)=C2c1ccc(OC2CN(CC=CC(=O)N(C)C)C2)cc1. The van der Waals surface area contributed by atoms with E-state index in [4.69, 9.17) is 32.7 Å². The minimum Gasteiger partial charge on any atom is -0.488 e. The van der Waals surface area contributed by atoms with Crippen LogP contribution in [0.25, 0.3) is 11.1 Å². The number of halogens is 2. The van der Waals surface area contributed by atoms with E-state index in [1.165, 1.54) is 7.11 Å². The summed E-state index contributed by atoms with van der Waals surface area (Å²) in [5.74, 6) is 0.450. The fourth-order valence-electron chi connectivity index (χ4n) is 5.46. The summed E-state index contributed by atoms with van der Waals surface area (Å²) in [6.07, 6.45) is 6.17. The largest absolute Gasteiger partial charge is 0.488 e. The molecule has 218 valence electrons. The lowest BCUT2D eigenvalue weighted by molar-refractivity contribution is -0.123. The van der Waals surface area contributed by atoms with Crippen LogP contribution >= 0.6 is 23.2 Å². The average Bonchev–Trinajstić information content (AvgIpc) is 3.14. The number of methoxy groups -OCH3 is 1. The number of nitrogens with zero attached hydrogens (tertiary/aromatic N) is 2. The van der Waals surface area contributed by atoms with Gasteiger partial charge in [0.15, 0.2) is 0 Å². The fraction of sp³-hybridized carbons (Fsp3) is 0.294. The van der Waals surface area contributed by atoms with Crippen LogP contribution < -0.4 is 4.74 Å². The zero-order valence-electron chi connectivity index (χ0n) is 24.0. The lowest BCUT2D eigenvalue weighted by atomic mass is 9.87. The van der Waals surface area contributed by atoms with Crippen LogP contribution in [0.15, 0.2) is 72.8 Å². The lowest BCUT2D eigenvalue weighted by Gasteiger charge is -2.38. The molecule has 1 saturated heterocycles. The van der Waals surface area contributed by atoms with Gasteiger partial charge in [0.25, 0.3) is 0 Å². The summed E-state index contributed by atoms with van der Waals surface area (Å²) in [5.41, 5.74) is 6.95. The molecule has 0 atom stereocenters. The Kier molecular flexibility index (Phi) is 9.37. The number of benzene rings is 3. The van der Waals surface area contributed by atoms with Crippen LogP contribution in [0.3, 0.4) is 0 Å². The quantitative estimate of drug-likeness (QED) is 0.209. The van der Waals surface area contributed by atoms with Crippen LogP contribution in [-0.4, -0.2) is 68.6 Å². The molecule has 0 saturated carbocycles. The maximum absolute atomic E-state index is 12.3. The van der Waals surface area contributed by atoms with Gasteiger partial charge in [0.1, 0.15) is 11.9 Å². The van der Waals surface area contributed by atoms with Gasteiger partial charge in [-0.25, -0.2) is 4.79 Å². The van der Waals surface area contributed by atoms with Crippen LogP contribution in [0.5, 0.6) is 5.75 Å². The minimum absolute atomic E-state index is 0.0137. The van der Waals surface area contributed by atoms with Crippen molar-refractivity contribution in [3.8, 4) is 5.75 Å². The Hall–Kier alpha value is -3.58. The van der Waals surface area contributed by atoms with Gasteiger partial charge in [-0.1, -0.05) is 53.5 Å². The molecule has 42 heavy (non-hydrogen) atoms. The Morgan fingerprint density at radius 2 is 1.71 bits per heavy atom. The van der Waals surface area contributed by atoms with E-state index in [0.717, 1.165) is 78.0 Å². The number of carbonyl (C=O) groups is 2. The molecule has 6 nitrogen and oxygen atoms in total. The molecule has 5 rings (SSSR count). The predicted molar refractivity (Wildman–Crippen MR) is 168 cm³/mol. The molecule has 0 N–H and O–H groups in total. The van der Waals surface area contributed by atoms with Crippen LogP contribution in [0.2, 0.25) is 10.0 Å². The van der Waals surface area contributed by atoms with E-state index in [2.05, 4.69) is 17.0 Å². The number of likely N-dealkylation sites (N-methyl/N-ethyl adjacent to an activating group) is 1. The number of carbonyl (C=O) groups excluding carboxylic acids is 2. The average molecular weight is 606 g/mol. The number of hydrogen-bond acceptors (Lipinski definition) is 5. The normalized spacial score (nSPS) is 15.6. The first kappa shape index (κ1) is 29.9. The maximum Gasteiger partial charge on any atom is 0.337 e. The Labute approximate surface area is 257 Å².